The number of nitrogens with two attached hydrogens (primary N) is 2. The van der Waals surface area contributed by atoms with Crippen LogP contribution in [0.3, 0.4) is 0 Å². The molecule has 0 saturated heterocycles. The Morgan fingerprint density at radius 1 is 1.07 bits per heavy atom. The Balaban J connectivity index is 1.54. The summed E-state index contributed by atoms with van der Waals surface area (Å²) < 4.78 is 0. The molecule has 0 unspecified atom stereocenters. The van der Waals surface area contributed by atoms with Gasteiger partial charge in [-0.1, -0.05) is 12.8 Å². The number of carbonyl (C=O) groups excluding carboxylic acids is 1. The molecule has 2 atom stereocenters. The minimum Gasteiger partial charge on any atom is -0.364 e. The lowest BCUT2D eigenvalue weighted by Gasteiger charge is -2.29. The molecule has 0 radical (unpaired) electrons. The molecule has 6 N–H and O–H groups in total. The van der Waals surface area contributed by atoms with Crippen LogP contribution in [0.4, 0.5) is 17.3 Å². The SMILES string of the molecule is NC(=O)c1ncc(N[C@@H]2CCCC[C@@H]2N)nc1Nc1ccc(C2CC2)nc1. The van der Waals surface area contributed by atoms with Crippen LogP contribution in [0, 0.1) is 0 Å². The molecule has 0 bridgehead atoms. The highest BCUT2D eigenvalue weighted by Gasteiger charge is 2.25. The van der Waals surface area contributed by atoms with Crippen molar-refractivity contribution in [2.75, 3.05) is 10.6 Å². The van der Waals surface area contributed by atoms with Gasteiger partial charge in [0.25, 0.3) is 5.91 Å². The van der Waals surface area contributed by atoms with Crippen LogP contribution in [0.1, 0.15) is 60.6 Å². The highest BCUT2D eigenvalue weighted by molar-refractivity contribution is 5.96. The number of aromatic nitrogens is 3. The van der Waals surface area contributed by atoms with Crippen molar-refractivity contribution in [1.82, 2.24) is 15.0 Å². The van der Waals surface area contributed by atoms with E-state index in [1.807, 2.05) is 12.1 Å². The van der Waals surface area contributed by atoms with Crippen LogP contribution in [0.15, 0.2) is 24.5 Å². The van der Waals surface area contributed by atoms with Crippen molar-refractivity contribution >= 4 is 23.2 Å². The molecule has 0 spiro atoms. The number of pyridine rings is 1. The fourth-order valence-electron chi connectivity index (χ4n) is 3.49. The van der Waals surface area contributed by atoms with E-state index in [0.29, 0.717) is 17.6 Å². The largest absolute Gasteiger partial charge is 0.364 e. The summed E-state index contributed by atoms with van der Waals surface area (Å²) in [5, 5.41) is 6.47. The number of primary amides is 1. The van der Waals surface area contributed by atoms with Gasteiger partial charge >= 0.3 is 0 Å². The molecular formula is C19H25N7O. The van der Waals surface area contributed by atoms with Crippen molar-refractivity contribution < 1.29 is 4.79 Å². The summed E-state index contributed by atoms with van der Waals surface area (Å²) in [7, 11) is 0. The van der Waals surface area contributed by atoms with Crippen molar-refractivity contribution in [1.29, 1.82) is 0 Å². The van der Waals surface area contributed by atoms with E-state index in [2.05, 4.69) is 25.6 Å². The van der Waals surface area contributed by atoms with E-state index < -0.39 is 5.91 Å². The number of anilines is 3. The van der Waals surface area contributed by atoms with Crippen LogP contribution < -0.4 is 22.1 Å². The van der Waals surface area contributed by atoms with E-state index in [1.54, 1.807) is 6.20 Å². The Labute approximate surface area is 158 Å². The van der Waals surface area contributed by atoms with E-state index in [0.717, 1.165) is 37.1 Å². The standard InChI is InChI=1S/C19H25N7O/c20-13-3-1-2-4-15(13)25-16-10-23-17(18(21)27)19(26-16)24-12-7-8-14(22-9-12)11-5-6-11/h7-11,13,15H,1-6,20H2,(H2,21,27)(H2,24,25,26)/t13-,15+/m0/s1. The second-order valence-corrected chi connectivity index (χ2v) is 7.39. The number of rotatable bonds is 6. The lowest BCUT2D eigenvalue weighted by molar-refractivity contribution is 0.0996. The van der Waals surface area contributed by atoms with Crippen molar-refractivity contribution in [3.63, 3.8) is 0 Å². The molecular weight excluding hydrogens is 342 g/mol. The fourth-order valence-corrected chi connectivity index (χ4v) is 3.49. The van der Waals surface area contributed by atoms with Gasteiger partial charge in [0, 0.05) is 23.7 Å². The Kier molecular flexibility index (Phi) is 4.89. The van der Waals surface area contributed by atoms with Crippen molar-refractivity contribution in [3.05, 3.63) is 35.9 Å². The number of hydrogen-bond acceptors (Lipinski definition) is 7. The maximum absolute atomic E-state index is 11.7. The third-order valence-corrected chi connectivity index (χ3v) is 5.20. The lowest BCUT2D eigenvalue weighted by Crippen LogP contribution is -2.42. The third kappa shape index (κ3) is 4.16. The highest BCUT2D eigenvalue weighted by Crippen LogP contribution is 2.39. The average Bonchev–Trinajstić information content (AvgIpc) is 3.49. The first-order valence-electron chi connectivity index (χ1n) is 9.52. The van der Waals surface area contributed by atoms with Gasteiger partial charge in [-0.05, 0) is 37.8 Å². The summed E-state index contributed by atoms with van der Waals surface area (Å²) in [6.07, 6.45) is 9.97. The molecule has 2 aliphatic carbocycles. The van der Waals surface area contributed by atoms with Gasteiger partial charge in [-0.3, -0.25) is 9.78 Å². The maximum atomic E-state index is 11.7. The van der Waals surface area contributed by atoms with E-state index in [9.17, 15) is 4.79 Å². The molecule has 1 amide bonds. The van der Waals surface area contributed by atoms with Crippen molar-refractivity contribution in [2.45, 2.75) is 56.5 Å². The molecule has 142 valence electrons. The minimum atomic E-state index is -0.631. The summed E-state index contributed by atoms with van der Waals surface area (Å²) in [5.41, 5.74) is 13.6. The van der Waals surface area contributed by atoms with Gasteiger partial charge in [0.2, 0.25) is 0 Å². The highest BCUT2D eigenvalue weighted by atomic mass is 16.1. The van der Waals surface area contributed by atoms with Gasteiger partial charge in [-0.25, -0.2) is 9.97 Å². The Bertz CT molecular complexity index is 819. The second kappa shape index (κ2) is 7.48. The van der Waals surface area contributed by atoms with E-state index in [-0.39, 0.29) is 17.8 Å². The predicted molar refractivity (Wildman–Crippen MR) is 104 cm³/mol. The number of carbonyl (C=O) groups is 1. The van der Waals surface area contributed by atoms with E-state index in [4.69, 9.17) is 11.5 Å². The topological polar surface area (TPSA) is 132 Å². The quantitative estimate of drug-likeness (QED) is 0.616. The molecule has 8 nitrogen and oxygen atoms in total. The van der Waals surface area contributed by atoms with Crippen LogP contribution in [0.5, 0.6) is 0 Å². The first-order chi connectivity index (χ1) is 13.1. The van der Waals surface area contributed by atoms with Gasteiger partial charge in [0.05, 0.1) is 18.1 Å². The predicted octanol–water partition coefficient (Wildman–Crippen LogP) is 2.27. The van der Waals surface area contributed by atoms with Crippen LogP contribution in [0.2, 0.25) is 0 Å². The average molecular weight is 367 g/mol. The maximum Gasteiger partial charge on any atom is 0.271 e. The number of nitrogens with one attached hydrogen (secondary N) is 2. The summed E-state index contributed by atoms with van der Waals surface area (Å²) in [6, 6.07) is 4.18. The van der Waals surface area contributed by atoms with E-state index >= 15 is 0 Å². The lowest BCUT2D eigenvalue weighted by atomic mass is 9.91. The minimum absolute atomic E-state index is 0.0898. The van der Waals surface area contributed by atoms with Gasteiger partial charge in [0.15, 0.2) is 11.5 Å². The molecule has 2 aliphatic rings. The van der Waals surface area contributed by atoms with Gasteiger partial charge in [-0.2, -0.15) is 0 Å². The molecule has 27 heavy (non-hydrogen) atoms. The molecule has 2 aromatic heterocycles. The van der Waals surface area contributed by atoms with Crippen molar-refractivity contribution in [2.24, 2.45) is 11.5 Å². The van der Waals surface area contributed by atoms with Crippen molar-refractivity contribution in [3.8, 4) is 0 Å². The molecule has 0 aromatic carbocycles. The summed E-state index contributed by atoms with van der Waals surface area (Å²) in [4.78, 5) is 24.9. The van der Waals surface area contributed by atoms with Crippen LogP contribution in [0.25, 0.3) is 0 Å². The first-order valence-corrected chi connectivity index (χ1v) is 9.52. The van der Waals surface area contributed by atoms with E-state index in [1.165, 1.54) is 19.0 Å². The molecule has 4 rings (SSSR count). The normalized spacial score (nSPS) is 22.3. The summed E-state index contributed by atoms with van der Waals surface area (Å²) >= 11 is 0. The Morgan fingerprint density at radius 2 is 1.89 bits per heavy atom. The van der Waals surface area contributed by atoms with Crippen LogP contribution in [-0.4, -0.2) is 32.9 Å². The number of amides is 1. The van der Waals surface area contributed by atoms with Gasteiger partial charge in [-0.15, -0.1) is 0 Å². The molecule has 2 aromatic rings. The summed E-state index contributed by atoms with van der Waals surface area (Å²) in [5.74, 6) is 0.853. The Morgan fingerprint density at radius 3 is 2.56 bits per heavy atom. The van der Waals surface area contributed by atoms with Gasteiger partial charge in [0.1, 0.15) is 5.82 Å². The second-order valence-electron chi connectivity index (χ2n) is 7.39. The monoisotopic (exact) mass is 367 g/mol. The molecule has 8 heteroatoms. The first kappa shape index (κ1) is 17.7. The molecule has 2 saturated carbocycles. The number of hydrogen-bond donors (Lipinski definition) is 4. The summed E-state index contributed by atoms with van der Waals surface area (Å²) in [6.45, 7) is 0. The Hall–Kier alpha value is -2.74. The van der Waals surface area contributed by atoms with Crippen LogP contribution in [-0.2, 0) is 0 Å². The number of nitrogens with zero attached hydrogens (tertiary/aromatic N) is 3. The van der Waals surface area contributed by atoms with Gasteiger partial charge < -0.3 is 22.1 Å². The third-order valence-electron chi connectivity index (χ3n) is 5.20. The fraction of sp³-hybridized carbons (Fsp3) is 0.474. The molecule has 0 aliphatic heterocycles. The van der Waals surface area contributed by atoms with Crippen LogP contribution >= 0.6 is 0 Å². The zero-order valence-corrected chi connectivity index (χ0v) is 15.2. The smallest absolute Gasteiger partial charge is 0.271 e. The molecule has 2 fully saturated rings. The zero-order chi connectivity index (χ0) is 18.8. The molecule has 2 heterocycles. The zero-order valence-electron chi connectivity index (χ0n) is 15.2.